The molecule has 4 nitrogen and oxygen atoms in total. The fourth-order valence-electron chi connectivity index (χ4n) is 1.18. The summed E-state index contributed by atoms with van der Waals surface area (Å²) in [6, 6.07) is 3.68. The monoisotopic (exact) mass is 163 g/mol. The lowest BCUT2D eigenvalue weighted by atomic mass is 10.2. The molecule has 4 heteroatoms. The predicted octanol–water partition coefficient (Wildman–Crippen LogP) is 1.56. The number of anilines is 1. The van der Waals surface area contributed by atoms with E-state index in [0.29, 0.717) is 5.82 Å². The highest BCUT2D eigenvalue weighted by Gasteiger charge is 2.11. The molecule has 0 bridgehead atoms. The van der Waals surface area contributed by atoms with Crippen LogP contribution in [0.4, 0.5) is 5.82 Å². The molecule has 0 aliphatic rings. The van der Waals surface area contributed by atoms with Crippen LogP contribution in [0, 0.1) is 6.92 Å². The number of aromatic amines is 1. The van der Waals surface area contributed by atoms with Crippen molar-refractivity contribution in [3.63, 3.8) is 0 Å². The van der Waals surface area contributed by atoms with E-state index in [4.69, 9.17) is 10.2 Å². The van der Waals surface area contributed by atoms with Gasteiger partial charge in [-0.05, 0) is 19.1 Å². The molecule has 0 aliphatic carbocycles. The quantitative estimate of drug-likeness (QED) is 0.670. The minimum Gasteiger partial charge on any atom is -0.464 e. The second-order valence-electron chi connectivity index (χ2n) is 2.59. The van der Waals surface area contributed by atoms with Crippen molar-refractivity contribution in [3.05, 3.63) is 24.1 Å². The summed E-state index contributed by atoms with van der Waals surface area (Å²) in [5.74, 6) is 1.22. The Morgan fingerprint density at radius 1 is 1.58 bits per heavy atom. The highest BCUT2D eigenvalue weighted by Crippen LogP contribution is 2.27. The van der Waals surface area contributed by atoms with Gasteiger partial charge < -0.3 is 10.2 Å². The van der Waals surface area contributed by atoms with Gasteiger partial charge in [-0.25, -0.2) is 0 Å². The van der Waals surface area contributed by atoms with Gasteiger partial charge in [0, 0.05) is 5.69 Å². The van der Waals surface area contributed by atoms with E-state index in [-0.39, 0.29) is 0 Å². The van der Waals surface area contributed by atoms with E-state index < -0.39 is 0 Å². The first-order valence-corrected chi connectivity index (χ1v) is 3.63. The highest BCUT2D eigenvalue weighted by atomic mass is 16.3. The molecule has 0 spiro atoms. The molecule has 0 aliphatic heterocycles. The normalized spacial score (nSPS) is 10.4. The number of nitrogens with zero attached hydrogens (tertiary/aromatic N) is 1. The zero-order chi connectivity index (χ0) is 8.55. The number of H-pyrrole nitrogens is 1. The topological polar surface area (TPSA) is 67.8 Å². The van der Waals surface area contributed by atoms with Crippen LogP contribution in [0.5, 0.6) is 0 Å². The summed E-state index contributed by atoms with van der Waals surface area (Å²) in [6.45, 7) is 1.90. The Kier molecular flexibility index (Phi) is 1.40. The first kappa shape index (κ1) is 6.97. The van der Waals surface area contributed by atoms with Crippen LogP contribution in [0.1, 0.15) is 5.69 Å². The van der Waals surface area contributed by atoms with E-state index in [1.165, 1.54) is 0 Å². The number of aryl methyl sites for hydroxylation is 1. The summed E-state index contributed by atoms with van der Waals surface area (Å²) in [6.07, 6.45) is 1.61. The third-order valence-electron chi connectivity index (χ3n) is 1.74. The minimum atomic E-state index is 0.474. The molecule has 2 rings (SSSR count). The molecular formula is C8H9N3O. The van der Waals surface area contributed by atoms with Gasteiger partial charge in [0.25, 0.3) is 0 Å². The average molecular weight is 163 g/mol. The fourth-order valence-corrected chi connectivity index (χ4v) is 1.18. The van der Waals surface area contributed by atoms with Gasteiger partial charge in [0.05, 0.1) is 11.8 Å². The maximum atomic E-state index is 5.63. The molecule has 0 saturated heterocycles. The molecule has 12 heavy (non-hydrogen) atoms. The lowest BCUT2D eigenvalue weighted by Crippen LogP contribution is -1.86. The maximum absolute atomic E-state index is 5.63. The van der Waals surface area contributed by atoms with E-state index in [1.807, 2.05) is 19.1 Å². The van der Waals surface area contributed by atoms with Crippen molar-refractivity contribution in [2.45, 2.75) is 6.92 Å². The van der Waals surface area contributed by atoms with Gasteiger partial charge in [-0.1, -0.05) is 0 Å². The Labute approximate surface area is 69.4 Å². The Hall–Kier alpha value is -1.71. The second-order valence-corrected chi connectivity index (χ2v) is 2.59. The van der Waals surface area contributed by atoms with Crippen LogP contribution in [0.25, 0.3) is 11.3 Å². The predicted molar refractivity (Wildman–Crippen MR) is 45.4 cm³/mol. The zero-order valence-electron chi connectivity index (χ0n) is 6.66. The van der Waals surface area contributed by atoms with Crippen LogP contribution in [0.3, 0.4) is 0 Å². The summed E-state index contributed by atoms with van der Waals surface area (Å²) in [5, 5.41) is 6.66. The molecule has 0 radical (unpaired) electrons. The highest BCUT2D eigenvalue weighted by molar-refractivity contribution is 5.71. The van der Waals surface area contributed by atoms with E-state index in [2.05, 4.69) is 10.2 Å². The molecule has 2 aromatic heterocycles. The Morgan fingerprint density at radius 3 is 2.92 bits per heavy atom. The first-order chi connectivity index (χ1) is 5.79. The van der Waals surface area contributed by atoms with E-state index in [1.54, 1.807) is 6.26 Å². The number of aromatic nitrogens is 2. The molecule has 0 amide bonds. The Morgan fingerprint density at radius 2 is 2.42 bits per heavy atom. The van der Waals surface area contributed by atoms with Crippen LogP contribution in [-0.4, -0.2) is 10.2 Å². The summed E-state index contributed by atoms with van der Waals surface area (Å²) in [7, 11) is 0. The number of hydrogen-bond donors (Lipinski definition) is 2. The Balaban J connectivity index is 2.60. The van der Waals surface area contributed by atoms with Crippen molar-refractivity contribution in [3.8, 4) is 11.3 Å². The van der Waals surface area contributed by atoms with Crippen LogP contribution < -0.4 is 5.73 Å². The van der Waals surface area contributed by atoms with E-state index in [9.17, 15) is 0 Å². The number of nitrogens with one attached hydrogen (secondary N) is 1. The third-order valence-corrected chi connectivity index (χ3v) is 1.74. The molecule has 0 fully saturated rings. The second kappa shape index (κ2) is 2.41. The van der Waals surface area contributed by atoms with Gasteiger partial charge in [-0.15, -0.1) is 0 Å². The molecule has 0 aromatic carbocycles. The average Bonchev–Trinajstić information content (AvgIpc) is 2.61. The SMILES string of the molecule is Cc1[nH]nc(N)c1-c1ccco1. The lowest BCUT2D eigenvalue weighted by molar-refractivity contribution is 0.582. The molecule has 2 heterocycles. The van der Waals surface area contributed by atoms with Gasteiger partial charge in [0.2, 0.25) is 0 Å². The van der Waals surface area contributed by atoms with Crippen molar-refractivity contribution < 1.29 is 4.42 Å². The van der Waals surface area contributed by atoms with Gasteiger partial charge >= 0.3 is 0 Å². The van der Waals surface area contributed by atoms with Crippen molar-refractivity contribution in [1.82, 2.24) is 10.2 Å². The standard InChI is InChI=1S/C8H9N3O/c1-5-7(8(9)11-10-5)6-3-2-4-12-6/h2-4H,1H3,(H3,9,10,11). The molecule has 0 unspecified atom stereocenters. The summed E-state index contributed by atoms with van der Waals surface area (Å²) < 4.78 is 5.20. The number of nitrogen functional groups attached to an aromatic ring is 1. The number of rotatable bonds is 1. The molecule has 0 saturated carbocycles. The number of furan rings is 1. The van der Waals surface area contributed by atoms with Crippen LogP contribution in [0.15, 0.2) is 22.8 Å². The summed E-state index contributed by atoms with van der Waals surface area (Å²) >= 11 is 0. The van der Waals surface area contributed by atoms with Crippen LogP contribution in [-0.2, 0) is 0 Å². The van der Waals surface area contributed by atoms with Crippen molar-refractivity contribution in [2.24, 2.45) is 0 Å². The first-order valence-electron chi connectivity index (χ1n) is 3.63. The molecule has 2 aromatic rings. The van der Waals surface area contributed by atoms with Gasteiger partial charge in [-0.2, -0.15) is 5.10 Å². The number of hydrogen-bond acceptors (Lipinski definition) is 3. The Bertz CT molecular complexity index is 355. The van der Waals surface area contributed by atoms with Crippen molar-refractivity contribution in [1.29, 1.82) is 0 Å². The van der Waals surface area contributed by atoms with Crippen LogP contribution >= 0.6 is 0 Å². The van der Waals surface area contributed by atoms with E-state index >= 15 is 0 Å². The zero-order valence-corrected chi connectivity index (χ0v) is 6.66. The fraction of sp³-hybridized carbons (Fsp3) is 0.125. The van der Waals surface area contributed by atoms with Gasteiger partial charge in [0.1, 0.15) is 5.76 Å². The van der Waals surface area contributed by atoms with Gasteiger partial charge in [-0.3, -0.25) is 5.10 Å². The van der Waals surface area contributed by atoms with Crippen molar-refractivity contribution >= 4 is 5.82 Å². The van der Waals surface area contributed by atoms with Crippen molar-refractivity contribution in [2.75, 3.05) is 5.73 Å². The smallest absolute Gasteiger partial charge is 0.156 e. The summed E-state index contributed by atoms with van der Waals surface area (Å²) in [4.78, 5) is 0. The third kappa shape index (κ3) is 0.887. The molecule has 3 N–H and O–H groups in total. The van der Waals surface area contributed by atoms with Gasteiger partial charge in [0.15, 0.2) is 5.82 Å². The largest absolute Gasteiger partial charge is 0.464 e. The van der Waals surface area contributed by atoms with Crippen LogP contribution in [0.2, 0.25) is 0 Å². The minimum absolute atomic E-state index is 0.474. The number of nitrogens with two attached hydrogens (primary N) is 1. The van der Waals surface area contributed by atoms with E-state index in [0.717, 1.165) is 17.0 Å². The lowest BCUT2D eigenvalue weighted by Gasteiger charge is -1.93. The maximum Gasteiger partial charge on any atom is 0.156 e. The molecule has 0 atom stereocenters. The molecule has 62 valence electrons. The molecular weight excluding hydrogens is 154 g/mol. The summed E-state index contributed by atoms with van der Waals surface area (Å²) in [5.41, 5.74) is 7.40.